The smallest absolute Gasteiger partial charge is 0.201 e. The molecule has 27 heavy (non-hydrogen) atoms. The summed E-state index contributed by atoms with van der Waals surface area (Å²) >= 11 is 0. The van der Waals surface area contributed by atoms with E-state index in [2.05, 4.69) is 6.92 Å². The minimum atomic E-state index is -1.03. The lowest BCUT2D eigenvalue weighted by atomic mass is 9.77. The molecule has 0 saturated heterocycles. The van der Waals surface area contributed by atoms with Crippen molar-refractivity contribution < 1.29 is 17.9 Å². The van der Waals surface area contributed by atoms with Gasteiger partial charge in [-0.2, -0.15) is 4.39 Å². The molecule has 2 aromatic rings. The Morgan fingerprint density at radius 2 is 1.67 bits per heavy atom. The van der Waals surface area contributed by atoms with Crippen molar-refractivity contribution in [3.05, 3.63) is 53.3 Å². The lowest BCUT2D eigenvalue weighted by Crippen LogP contribution is -2.14. The Bertz CT molecular complexity index is 779. The van der Waals surface area contributed by atoms with Gasteiger partial charge in [-0.15, -0.1) is 0 Å². The van der Waals surface area contributed by atoms with Crippen LogP contribution in [0.25, 0.3) is 11.1 Å². The van der Waals surface area contributed by atoms with Crippen LogP contribution in [0.15, 0.2) is 30.3 Å². The average Bonchev–Trinajstić information content (AvgIpc) is 2.67. The van der Waals surface area contributed by atoms with Crippen LogP contribution < -0.4 is 4.74 Å². The van der Waals surface area contributed by atoms with E-state index in [4.69, 9.17) is 4.74 Å². The van der Waals surface area contributed by atoms with E-state index in [0.717, 1.165) is 31.6 Å². The molecule has 146 valence electrons. The largest absolute Gasteiger partial charge is 0.491 e. The number of rotatable bonds is 6. The number of ether oxygens (including phenoxy) is 1. The molecule has 0 amide bonds. The Hall–Kier alpha value is -1.97. The van der Waals surface area contributed by atoms with Crippen molar-refractivity contribution in [1.29, 1.82) is 0 Å². The van der Waals surface area contributed by atoms with Crippen molar-refractivity contribution >= 4 is 0 Å². The number of benzene rings is 2. The van der Waals surface area contributed by atoms with Crippen LogP contribution in [0, 0.1) is 23.4 Å². The van der Waals surface area contributed by atoms with E-state index >= 15 is 0 Å². The van der Waals surface area contributed by atoms with E-state index in [1.165, 1.54) is 31.0 Å². The normalized spacial score (nSPS) is 19.9. The van der Waals surface area contributed by atoms with Crippen molar-refractivity contribution in [3.63, 3.8) is 0 Å². The fraction of sp³-hybridized carbons (Fsp3) is 0.478. The topological polar surface area (TPSA) is 9.23 Å². The minimum Gasteiger partial charge on any atom is -0.491 e. The van der Waals surface area contributed by atoms with Crippen LogP contribution in [-0.2, 0) is 0 Å². The van der Waals surface area contributed by atoms with Gasteiger partial charge in [0.25, 0.3) is 0 Å². The molecular weight excluding hydrogens is 349 g/mol. The summed E-state index contributed by atoms with van der Waals surface area (Å²) in [6.07, 6.45) is 6.70. The molecule has 3 rings (SSSR count). The first kappa shape index (κ1) is 19.8. The van der Waals surface area contributed by atoms with Crippen molar-refractivity contribution in [2.45, 2.75) is 58.3 Å². The SMILES string of the molecule is CCCC1CCC(c2ccc(-c3ccc(OCC)c(F)c3F)cc2F)CC1. The summed E-state index contributed by atoms with van der Waals surface area (Å²) < 4.78 is 48.3. The monoisotopic (exact) mass is 376 g/mol. The molecule has 2 aromatic carbocycles. The van der Waals surface area contributed by atoms with Crippen molar-refractivity contribution in [2.75, 3.05) is 6.61 Å². The molecule has 1 nitrogen and oxygen atoms in total. The zero-order valence-corrected chi connectivity index (χ0v) is 16.0. The molecule has 1 saturated carbocycles. The standard InChI is InChI=1S/C23H27F3O/c1-3-5-15-6-8-16(9-7-15)18-11-10-17(14-20(18)24)19-12-13-21(27-4-2)23(26)22(19)25/h10-16H,3-9H2,1-2H3. The molecule has 0 spiro atoms. The summed E-state index contributed by atoms with van der Waals surface area (Å²) in [6.45, 7) is 4.15. The summed E-state index contributed by atoms with van der Waals surface area (Å²) in [5.74, 6) is -1.52. The van der Waals surface area contributed by atoms with Crippen LogP contribution in [0.1, 0.15) is 63.9 Å². The van der Waals surface area contributed by atoms with Crippen molar-refractivity contribution in [1.82, 2.24) is 0 Å². The van der Waals surface area contributed by atoms with Crippen molar-refractivity contribution in [2.24, 2.45) is 5.92 Å². The van der Waals surface area contributed by atoms with Crippen LogP contribution in [-0.4, -0.2) is 6.61 Å². The first-order valence-electron chi connectivity index (χ1n) is 9.95. The molecule has 0 unspecified atom stereocenters. The Balaban J connectivity index is 1.80. The molecule has 0 radical (unpaired) electrons. The molecule has 1 aliphatic rings. The highest BCUT2D eigenvalue weighted by molar-refractivity contribution is 5.66. The summed E-state index contributed by atoms with van der Waals surface area (Å²) in [4.78, 5) is 0. The third-order valence-corrected chi connectivity index (χ3v) is 5.64. The van der Waals surface area contributed by atoms with Gasteiger partial charge < -0.3 is 4.74 Å². The quantitative estimate of drug-likeness (QED) is 0.516. The van der Waals surface area contributed by atoms with Crippen LogP contribution in [0.4, 0.5) is 13.2 Å². The third kappa shape index (κ3) is 4.31. The second-order valence-corrected chi connectivity index (χ2v) is 7.41. The van der Waals surface area contributed by atoms with Gasteiger partial charge in [-0.1, -0.05) is 31.9 Å². The van der Waals surface area contributed by atoms with Crippen LogP contribution in [0.2, 0.25) is 0 Å². The Kier molecular flexibility index (Phi) is 6.46. The molecule has 0 aliphatic heterocycles. The summed E-state index contributed by atoms with van der Waals surface area (Å²) in [6, 6.07) is 7.58. The molecule has 1 fully saturated rings. The third-order valence-electron chi connectivity index (χ3n) is 5.64. The average molecular weight is 376 g/mol. The maximum absolute atomic E-state index is 14.8. The minimum absolute atomic E-state index is 0.0491. The van der Waals surface area contributed by atoms with E-state index < -0.39 is 11.6 Å². The van der Waals surface area contributed by atoms with Crippen LogP contribution in [0.5, 0.6) is 5.75 Å². The van der Waals surface area contributed by atoms with Gasteiger partial charge in [0.2, 0.25) is 5.82 Å². The molecular formula is C23H27F3O. The van der Waals surface area contributed by atoms with Gasteiger partial charge in [0.05, 0.1) is 6.61 Å². The molecule has 0 atom stereocenters. The maximum atomic E-state index is 14.8. The second-order valence-electron chi connectivity index (χ2n) is 7.41. The first-order chi connectivity index (χ1) is 13.0. The summed E-state index contributed by atoms with van der Waals surface area (Å²) in [5.41, 5.74) is 1.09. The number of hydrogen-bond acceptors (Lipinski definition) is 1. The maximum Gasteiger partial charge on any atom is 0.201 e. The zero-order valence-electron chi connectivity index (χ0n) is 16.0. The fourth-order valence-electron chi connectivity index (χ4n) is 4.22. The van der Waals surface area contributed by atoms with Gasteiger partial charge in [-0.05, 0) is 73.8 Å². The molecule has 0 N–H and O–H groups in total. The highest BCUT2D eigenvalue weighted by Gasteiger charge is 2.24. The highest BCUT2D eigenvalue weighted by Crippen LogP contribution is 2.39. The van der Waals surface area contributed by atoms with Gasteiger partial charge in [-0.25, -0.2) is 8.78 Å². The lowest BCUT2D eigenvalue weighted by molar-refractivity contribution is 0.304. The van der Waals surface area contributed by atoms with Gasteiger partial charge >= 0.3 is 0 Å². The van der Waals surface area contributed by atoms with Gasteiger partial charge in [0.15, 0.2) is 11.6 Å². The predicted octanol–water partition coefficient (Wildman–Crippen LogP) is 7.24. The molecule has 1 aliphatic carbocycles. The first-order valence-corrected chi connectivity index (χ1v) is 9.95. The summed E-state index contributed by atoms with van der Waals surface area (Å²) in [5, 5.41) is 0. The predicted molar refractivity (Wildman–Crippen MR) is 103 cm³/mol. The lowest BCUT2D eigenvalue weighted by Gasteiger charge is -2.29. The van der Waals surface area contributed by atoms with Gasteiger partial charge in [-0.3, -0.25) is 0 Å². The molecule has 0 heterocycles. The summed E-state index contributed by atoms with van der Waals surface area (Å²) in [7, 11) is 0. The van der Waals surface area contributed by atoms with Crippen LogP contribution >= 0.6 is 0 Å². The fourth-order valence-corrected chi connectivity index (χ4v) is 4.22. The van der Waals surface area contributed by atoms with E-state index in [9.17, 15) is 13.2 Å². The Labute approximate surface area is 159 Å². The Morgan fingerprint density at radius 1 is 0.926 bits per heavy atom. The number of hydrogen-bond donors (Lipinski definition) is 0. The van der Waals surface area contributed by atoms with Gasteiger partial charge in [0, 0.05) is 5.56 Å². The highest BCUT2D eigenvalue weighted by atomic mass is 19.2. The van der Waals surface area contributed by atoms with E-state index in [0.29, 0.717) is 11.1 Å². The Morgan fingerprint density at radius 3 is 2.30 bits per heavy atom. The van der Waals surface area contributed by atoms with E-state index in [1.54, 1.807) is 19.1 Å². The van der Waals surface area contributed by atoms with E-state index in [-0.39, 0.29) is 29.7 Å². The molecule has 0 aromatic heterocycles. The van der Waals surface area contributed by atoms with Gasteiger partial charge in [0.1, 0.15) is 5.82 Å². The number of halogens is 3. The zero-order chi connectivity index (χ0) is 19.4. The molecule has 0 bridgehead atoms. The van der Waals surface area contributed by atoms with E-state index in [1.807, 2.05) is 0 Å². The second kappa shape index (κ2) is 8.81. The van der Waals surface area contributed by atoms with Crippen molar-refractivity contribution in [3.8, 4) is 16.9 Å². The molecule has 4 heteroatoms. The van der Waals surface area contributed by atoms with Crippen LogP contribution in [0.3, 0.4) is 0 Å².